The Hall–Kier alpha value is -3.47. The van der Waals surface area contributed by atoms with E-state index in [2.05, 4.69) is 15.0 Å². The number of nitrogens with zero attached hydrogens (tertiary/aromatic N) is 4. The largest absolute Gasteiger partial charge is 0.360 e. The molecule has 10 nitrogen and oxygen atoms in total. The predicted molar refractivity (Wildman–Crippen MR) is 106 cm³/mol. The van der Waals surface area contributed by atoms with E-state index in [1.807, 2.05) is 0 Å². The number of carbonyl (C=O) groups is 1. The fourth-order valence-electron chi connectivity index (χ4n) is 3.26. The Balaban J connectivity index is 1.57. The molecule has 3 aromatic rings. The Morgan fingerprint density at radius 3 is 2.77 bits per heavy atom. The van der Waals surface area contributed by atoms with Crippen molar-refractivity contribution in [3.05, 3.63) is 69.3 Å². The lowest BCUT2D eigenvalue weighted by Gasteiger charge is -2.28. The molecule has 0 atom stereocenters. The summed E-state index contributed by atoms with van der Waals surface area (Å²) in [5, 5.41) is 7.85. The Kier molecular flexibility index (Phi) is 4.90. The van der Waals surface area contributed by atoms with Crippen LogP contribution in [0.15, 0.2) is 50.6 Å². The van der Waals surface area contributed by atoms with Gasteiger partial charge in [-0.3, -0.25) is 14.3 Å². The van der Waals surface area contributed by atoms with Crippen molar-refractivity contribution in [2.75, 3.05) is 11.3 Å². The van der Waals surface area contributed by atoms with Gasteiger partial charge in [-0.1, -0.05) is 11.2 Å². The first-order chi connectivity index (χ1) is 14.2. The maximum Gasteiger partial charge on any atom is 0.266 e. The average Bonchev–Trinajstić information content (AvgIpc) is 3.12. The van der Waals surface area contributed by atoms with Crippen molar-refractivity contribution in [3.8, 4) is 0 Å². The minimum Gasteiger partial charge on any atom is -0.360 e. The van der Waals surface area contributed by atoms with Gasteiger partial charge in [0.05, 0.1) is 10.6 Å². The molecule has 1 aromatic carbocycles. The lowest BCUT2D eigenvalue weighted by Crippen LogP contribution is -2.38. The zero-order chi connectivity index (χ0) is 21.5. The van der Waals surface area contributed by atoms with E-state index >= 15 is 0 Å². The summed E-state index contributed by atoms with van der Waals surface area (Å²) < 4.78 is 33.7. The first-order valence-electron chi connectivity index (χ1n) is 9.14. The third-order valence-corrected chi connectivity index (χ3v) is 6.14. The number of sulfonamides is 1. The number of nitrogens with one attached hydrogen (secondary N) is 1. The molecule has 0 saturated heterocycles. The van der Waals surface area contributed by atoms with Gasteiger partial charge in [-0.15, -0.1) is 0 Å². The van der Waals surface area contributed by atoms with Crippen LogP contribution in [0.2, 0.25) is 0 Å². The molecular weight excluding hydrogens is 410 g/mol. The molecule has 11 heteroatoms. The van der Waals surface area contributed by atoms with Gasteiger partial charge in [0.25, 0.3) is 21.5 Å². The number of aromatic nitrogens is 3. The summed E-state index contributed by atoms with van der Waals surface area (Å²) in [4.78, 5) is 26.3. The van der Waals surface area contributed by atoms with E-state index in [0.717, 1.165) is 5.69 Å². The maximum atomic E-state index is 13.0. The van der Waals surface area contributed by atoms with Gasteiger partial charge in [-0.2, -0.15) is 5.10 Å². The number of hydrogen-bond donors (Lipinski definition) is 1. The number of fused-ring (bicyclic) bond motifs is 1. The van der Waals surface area contributed by atoms with Gasteiger partial charge < -0.3 is 9.42 Å². The number of hydrogen-bond acceptors (Lipinski definition) is 7. The van der Waals surface area contributed by atoms with Crippen molar-refractivity contribution in [1.29, 1.82) is 0 Å². The van der Waals surface area contributed by atoms with E-state index in [9.17, 15) is 18.0 Å². The van der Waals surface area contributed by atoms with Crippen molar-refractivity contribution in [2.24, 2.45) is 7.05 Å². The van der Waals surface area contributed by atoms with E-state index in [0.29, 0.717) is 24.3 Å². The molecule has 1 amide bonds. The molecule has 30 heavy (non-hydrogen) atoms. The van der Waals surface area contributed by atoms with E-state index in [1.54, 1.807) is 24.9 Å². The van der Waals surface area contributed by atoms with E-state index in [4.69, 9.17) is 4.52 Å². The first kappa shape index (κ1) is 19.8. The standard InChI is InChI=1S/C19H19N5O5S/c1-12-8-17(21-29-12)22-30(27,28)15-5-3-4-13(9-15)19(26)24-7-6-16-14(11-24)10-18(25)23(2)20-16/h3-5,8-10H,6-7,11H2,1-2H3,(H,21,22). The summed E-state index contributed by atoms with van der Waals surface area (Å²) in [7, 11) is -2.36. The molecule has 156 valence electrons. The van der Waals surface area contributed by atoms with Crippen LogP contribution in [0.4, 0.5) is 5.82 Å². The SMILES string of the molecule is Cc1cc(NS(=O)(=O)c2cccc(C(=O)N3CCc4nn(C)c(=O)cc4C3)c2)no1. The Bertz CT molecular complexity index is 1290. The summed E-state index contributed by atoms with van der Waals surface area (Å²) in [6, 6.07) is 8.70. The second kappa shape index (κ2) is 7.41. The van der Waals surface area contributed by atoms with Gasteiger partial charge in [0.15, 0.2) is 5.82 Å². The van der Waals surface area contributed by atoms with Crippen LogP contribution in [-0.2, 0) is 30.0 Å². The van der Waals surface area contributed by atoms with Crippen molar-refractivity contribution >= 4 is 21.7 Å². The summed E-state index contributed by atoms with van der Waals surface area (Å²) in [5.74, 6) is 0.202. The Morgan fingerprint density at radius 2 is 2.03 bits per heavy atom. The molecule has 3 heterocycles. The van der Waals surface area contributed by atoms with Crippen LogP contribution in [0, 0.1) is 6.92 Å². The molecule has 1 N–H and O–H groups in total. The van der Waals surface area contributed by atoms with Crippen molar-refractivity contribution in [3.63, 3.8) is 0 Å². The number of carbonyl (C=O) groups excluding carboxylic acids is 1. The molecule has 0 fully saturated rings. The Morgan fingerprint density at radius 1 is 1.23 bits per heavy atom. The van der Waals surface area contributed by atoms with Crippen LogP contribution >= 0.6 is 0 Å². The topological polar surface area (TPSA) is 127 Å². The molecule has 2 aromatic heterocycles. The molecule has 0 spiro atoms. The number of benzene rings is 1. The molecule has 4 rings (SSSR count). The maximum absolute atomic E-state index is 13.0. The monoisotopic (exact) mass is 429 g/mol. The minimum atomic E-state index is -3.94. The minimum absolute atomic E-state index is 0.0611. The van der Waals surface area contributed by atoms with Gasteiger partial charge in [-0.05, 0) is 25.1 Å². The van der Waals surface area contributed by atoms with Gasteiger partial charge in [0.2, 0.25) is 0 Å². The summed E-state index contributed by atoms with van der Waals surface area (Å²) in [5.41, 5.74) is 1.47. The van der Waals surface area contributed by atoms with Crippen molar-refractivity contribution < 1.29 is 17.7 Å². The zero-order valence-corrected chi connectivity index (χ0v) is 17.1. The molecule has 0 saturated carbocycles. The van der Waals surface area contributed by atoms with E-state index in [-0.39, 0.29) is 34.3 Å². The van der Waals surface area contributed by atoms with Crippen LogP contribution in [0.1, 0.15) is 27.4 Å². The summed E-state index contributed by atoms with van der Waals surface area (Å²) in [6.07, 6.45) is 0.514. The van der Waals surface area contributed by atoms with E-state index in [1.165, 1.54) is 35.0 Å². The number of rotatable bonds is 4. The second-order valence-electron chi connectivity index (χ2n) is 7.01. The lowest BCUT2D eigenvalue weighted by atomic mass is 10.1. The van der Waals surface area contributed by atoms with Gasteiger partial charge in [-0.25, -0.2) is 13.1 Å². The first-order valence-corrected chi connectivity index (χ1v) is 10.6. The molecule has 0 unspecified atom stereocenters. The Labute approximate surface area is 172 Å². The quantitative estimate of drug-likeness (QED) is 0.657. The predicted octanol–water partition coefficient (Wildman–Crippen LogP) is 1.08. The van der Waals surface area contributed by atoms with Crippen LogP contribution in [0.25, 0.3) is 0 Å². The van der Waals surface area contributed by atoms with Crippen molar-refractivity contribution in [2.45, 2.75) is 24.8 Å². The van der Waals surface area contributed by atoms with Gasteiger partial charge >= 0.3 is 0 Å². The fourth-order valence-corrected chi connectivity index (χ4v) is 4.29. The normalized spacial score (nSPS) is 13.7. The highest BCUT2D eigenvalue weighted by atomic mass is 32.2. The van der Waals surface area contributed by atoms with Gasteiger partial charge in [0.1, 0.15) is 5.76 Å². The molecule has 0 radical (unpaired) electrons. The highest BCUT2D eigenvalue weighted by Gasteiger charge is 2.25. The van der Waals surface area contributed by atoms with E-state index < -0.39 is 10.0 Å². The zero-order valence-electron chi connectivity index (χ0n) is 16.3. The second-order valence-corrected chi connectivity index (χ2v) is 8.69. The molecule has 0 bridgehead atoms. The third kappa shape index (κ3) is 3.83. The number of amides is 1. The summed E-state index contributed by atoms with van der Waals surface area (Å²) in [6.45, 7) is 2.31. The highest BCUT2D eigenvalue weighted by molar-refractivity contribution is 7.92. The third-order valence-electron chi connectivity index (χ3n) is 4.78. The molecule has 1 aliphatic rings. The average molecular weight is 429 g/mol. The van der Waals surface area contributed by atoms with Crippen LogP contribution < -0.4 is 10.3 Å². The van der Waals surface area contributed by atoms with Crippen LogP contribution in [0.5, 0.6) is 0 Å². The van der Waals surface area contributed by atoms with Crippen LogP contribution in [0.3, 0.4) is 0 Å². The fraction of sp³-hybridized carbons (Fsp3) is 0.263. The molecule has 1 aliphatic heterocycles. The van der Waals surface area contributed by atoms with Gasteiger partial charge in [0, 0.05) is 49.8 Å². The highest BCUT2D eigenvalue weighted by Crippen LogP contribution is 2.21. The number of aryl methyl sites for hydroxylation is 2. The van der Waals surface area contributed by atoms with Crippen molar-refractivity contribution in [1.82, 2.24) is 19.8 Å². The smallest absolute Gasteiger partial charge is 0.266 e. The molecule has 0 aliphatic carbocycles. The lowest BCUT2D eigenvalue weighted by molar-refractivity contribution is 0.0732. The summed E-state index contributed by atoms with van der Waals surface area (Å²) >= 11 is 0. The molecular formula is C19H19N5O5S. The van der Waals surface area contributed by atoms with Crippen LogP contribution in [-0.4, -0.2) is 40.7 Å². The number of anilines is 1.